The monoisotopic (exact) mass is 458 g/mol. The first-order chi connectivity index (χ1) is 13.1. The SMILES string of the molecule is CC(C)c1ccccc1C(C)(O)CC1(F)C(F)(F)C(F)(F)C(F)(F)C(F)(F)C1(F)F. The summed E-state index contributed by atoms with van der Waals surface area (Å²) < 4.78 is 153. The molecule has 0 heterocycles. The van der Waals surface area contributed by atoms with Crippen LogP contribution in [0.25, 0.3) is 0 Å². The molecule has 1 aliphatic rings. The van der Waals surface area contributed by atoms with Gasteiger partial charge in [-0.15, -0.1) is 0 Å². The van der Waals surface area contributed by atoms with E-state index in [0.29, 0.717) is 6.92 Å². The summed E-state index contributed by atoms with van der Waals surface area (Å²) in [7, 11) is 0. The molecule has 30 heavy (non-hydrogen) atoms. The Morgan fingerprint density at radius 3 is 1.50 bits per heavy atom. The highest BCUT2D eigenvalue weighted by Gasteiger charge is 3.01. The highest BCUT2D eigenvalue weighted by molar-refractivity contribution is 5.36. The second kappa shape index (κ2) is 6.46. The van der Waals surface area contributed by atoms with Crippen LogP contribution in [-0.2, 0) is 5.60 Å². The predicted octanol–water partition coefficient (Wildman–Crippen LogP) is 6.31. The summed E-state index contributed by atoms with van der Waals surface area (Å²) in [5.74, 6) is -36.1. The Labute approximate surface area is 163 Å². The fourth-order valence-corrected chi connectivity index (χ4v) is 3.57. The number of rotatable bonds is 4. The first-order valence-corrected chi connectivity index (χ1v) is 8.53. The fourth-order valence-electron chi connectivity index (χ4n) is 3.57. The van der Waals surface area contributed by atoms with Crippen LogP contribution in [0.3, 0.4) is 0 Å². The van der Waals surface area contributed by atoms with Crippen LogP contribution in [0.2, 0.25) is 0 Å². The summed E-state index contributed by atoms with van der Waals surface area (Å²) in [6.45, 7) is 3.45. The third-order valence-electron chi connectivity index (χ3n) is 5.32. The molecule has 1 N–H and O–H groups in total. The Morgan fingerprint density at radius 2 is 1.10 bits per heavy atom. The third kappa shape index (κ3) is 2.70. The highest BCUT2D eigenvalue weighted by Crippen LogP contribution is 2.71. The van der Waals surface area contributed by atoms with Crippen LogP contribution < -0.4 is 0 Å². The second-order valence-electron chi connectivity index (χ2n) is 7.87. The Morgan fingerprint density at radius 1 is 0.733 bits per heavy atom. The average Bonchev–Trinajstić information content (AvgIpc) is 2.59. The number of halogens is 11. The highest BCUT2D eigenvalue weighted by atomic mass is 19.4. The molecule has 0 aromatic heterocycles. The van der Waals surface area contributed by atoms with Gasteiger partial charge in [-0.05, 0) is 24.0 Å². The second-order valence-corrected chi connectivity index (χ2v) is 7.87. The van der Waals surface area contributed by atoms with Crippen molar-refractivity contribution in [1.29, 1.82) is 0 Å². The molecule has 2 rings (SSSR count). The molecule has 0 radical (unpaired) electrons. The molecule has 172 valence electrons. The standard InChI is InChI=1S/C18H17F11O/c1-9(2)10-6-4-5-7-11(10)12(3,30)8-13(19)14(20,21)16(24,25)18(28,29)17(26,27)15(13,22)23/h4-7,9,30H,8H2,1-3H3. The first kappa shape index (κ1) is 24.7. The quantitative estimate of drug-likeness (QED) is 0.525. The van der Waals surface area contributed by atoms with Gasteiger partial charge in [-0.3, -0.25) is 0 Å². The van der Waals surface area contributed by atoms with Gasteiger partial charge >= 0.3 is 29.6 Å². The molecule has 0 aliphatic heterocycles. The maximum Gasteiger partial charge on any atom is 0.384 e. The molecule has 1 aromatic rings. The van der Waals surface area contributed by atoms with E-state index < -0.39 is 58.8 Å². The van der Waals surface area contributed by atoms with Gasteiger partial charge in [0.1, 0.15) is 0 Å². The molecular formula is C18H17F11O. The molecule has 0 amide bonds. The predicted molar refractivity (Wildman–Crippen MR) is 83.3 cm³/mol. The van der Waals surface area contributed by atoms with Crippen molar-refractivity contribution >= 4 is 0 Å². The van der Waals surface area contributed by atoms with E-state index in [0.717, 1.165) is 12.1 Å². The maximum absolute atomic E-state index is 15.0. The average molecular weight is 458 g/mol. The minimum absolute atomic E-state index is 0.0809. The summed E-state index contributed by atoms with van der Waals surface area (Å²) in [5.41, 5.74) is -9.78. The van der Waals surface area contributed by atoms with Gasteiger partial charge in [-0.1, -0.05) is 38.1 Å². The number of benzene rings is 1. The Hall–Kier alpha value is -1.59. The lowest BCUT2D eigenvalue weighted by molar-refractivity contribution is -0.488. The van der Waals surface area contributed by atoms with Gasteiger partial charge in [-0.2, -0.15) is 43.9 Å². The fraction of sp³-hybridized carbons (Fsp3) is 0.667. The van der Waals surface area contributed by atoms with Crippen molar-refractivity contribution in [3.63, 3.8) is 0 Å². The van der Waals surface area contributed by atoms with E-state index in [1.54, 1.807) is 0 Å². The lowest BCUT2D eigenvalue weighted by Crippen LogP contribution is -2.84. The van der Waals surface area contributed by atoms with E-state index in [9.17, 15) is 49.0 Å². The van der Waals surface area contributed by atoms with Gasteiger partial charge in [0.2, 0.25) is 0 Å². The summed E-state index contributed by atoms with van der Waals surface area (Å²) in [6.07, 6.45) is -2.72. The molecular weight excluding hydrogens is 441 g/mol. The largest absolute Gasteiger partial charge is 0.385 e. The normalized spacial score (nSPS) is 27.5. The van der Waals surface area contributed by atoms with Gasteiger partial charge in [-0.25, -0.2) is 4.39 Å². The minimum atomic E-state index is -7.27. The summed E-state index contributed by atoms with van der Waals surface area (Å²) in [6, 6.07) is 4.76. The zero-order valence-corrected chi connectivity index (χ0v) is 15.7. The molecule has 12 heteroatoms. The van der Waals surface area contributed by atoms with Crippen molar-refractivity contribution < 1.29 is 53.4 Å². The van der Waals surface area contributed by atoms with Crippen molar-refractivity contribution in [2.45, 2.75) is 74.0 Å². The van der Waals surface area contributed by atoms with Gasteiger partial charge in [0, 0.05) is 6.42 Å². The topological polar surface area (TPSA) is 20.2 Å². The minimum Gasteiger partial charge on any atom is -0.385 e. The summed E-state index contributed by atoms with van der Waals surface area (Å²) in [4.78, 5) is 0. The smallest absolute Gasteiger partial charge is 0.384 e. The molecule has 0 bridgehead atoms. The zero-order chi connectivity index (χ0) is 23.8. The third-order valence-corrected chi connectivity index (χ3v) is 5.32. The Kier molecular flexibility index (Phi) is 5.31. The van der Waals surface area contributed by atoms with Crippen LogP contribution in [0.1, 0.15) is 44.2 Å². The molecule has 1 fully saturated rings. The molecule has 1 unspecified atom stereocenters. The van der Waals surface area contributed by atoms with Crippen molar-refractivity contribution in [3.8, 4) is 0 Å². The molecule has 1 saturated carbocycles. The van der Waals surface area contributed by atoms with Crippen LogP contribution in [0.4, 0.5) is 48.3 Å². The van der Waals surface area contributed by atoms with E-state index >= 15 is 4.39 Å². The van der Waals surface area contributed by atoms with E-state index in [1.807, 2.05) is 0 Å². The lowest BCUT2D eigenvalue weighted by atomic mass is 9.67. The Balaban J connectivity index is 2.75. The molecule has 0 saturated heterocycles. The number of hydrogen-bond acceptors (Lipinski definition) is 1. The van der Waals surface area contributed by atoms with Crippen LogP contribution in [0, 0.1) is 0 Å². The maximum atomic E-state index is 15.0. The van der Waals surface area contributed by atoms with Gasteiger partial charge < -0.3 is 5.11 Å². The van der Waals surface area contributed by atoms with Gasteiger partial charge in [0.15, 0.2) is 0 Å². The molecule has 1 atom stereocenters. The summed E-state index contributed by atoms with van der Waals surface area (Å²) in [5, 5.41) is 10.5. The van der Waals surface area contributed by atoms with Crippen molar-refractivity contribution in [3.05, 3.63) is 35.4 Å². The molecule has 1 aliphatic carbocycles. The van der Waals surface area contributed by atoms with E-state index in [4.69, 9.17) is 0 Å². The first-order valence-electron chi connectivity index (χ1n) is 8.53. The molecule has 0 spiro atoms. The van der Waals surface area contributed by atoms with Gasteiger partial charge in [0.25, 0.3) is 5.67 Å². The summed E-state index contributed by atoms with van der Waals surface area (Å²) >= 11 is 0. The van der Waals surface area contributed by atoms with Crippen molar-refractivity contribution in [1.82, 2.24) is 0 Å². The van der Waals surface area contributed by atoms with E-state index in [2.05, 4.69) is 0 Å². The van der Waals surface area contributed by atoms with Gasteiger partial charge in [0.05, 0.1) is 5.60 Å². The number of hydrogen-bond donors (Lipinski definition) is 1. The number of alkyl halides is 11. The van der Waals surface area contributed by atoms with Crippen LogP contribution in [0.5, 0.6) is 0 Å². The van der Waals surface area contributed by atoms with Crippen molar-refractivity contribution in [2.75, 3.05) is 0 Å². The van der Waals surface area contributed by atoms with Crippen LogP contribution in [-0.4, -0.2) is 40.4 Å². The van der Waals surface area contributed by atoms with Crippen molar-refractivity contribution in [2.24, 2.45) is 0 Å². The number of aliphatic hydroxyl groups is 1. The molecule has 1 nitrogen and oxygen atoms in total. The van der Waals surface area contributed by atoms with Crippen LogP contribution in [0.15, 0.2) is 24.3 Å². The van der Waals surface area contributed by atoms with E-state index in [1.165, 1.54) is 26.0 Å². The molecule has 1 aromatic carbocycles. The zero-order valence-electron chi connectivity index (χ0n) is 15.7. The van der Waals surface area contributed by atoms with E-state index in [-0.39, 0.29) is 5.56 Å². The lowest BCUT2D eigenvalue weighted by Gasteiger charge is -2.53. The van der Waals surface area contributed by atoms with Crippen LogP contribution >= 0.6 is 0 Å². The Bertz CT molecular complexity index is 784.